The highest BCUT2D eigenvalue weighted by Gasteiger charge is 2.23. The molecule has 3 aromatic rings. The third-order valence-corrected chi connectivity index (χ3v) is 5.89. The van der Waals surface area contributed by atoms with E-state index in [0.717, 1.165) is 37.0 Å². The minimum absolute atomic E-state index is 0.134. The number of fused-ring (bicyclic) bond motifs is 3. The zero-order valence-corrected chi connectivity index (χ0v) is 16.5. The van der Waals surface area contributed by atoms with Crippen LogP contribution in [0.2, 0.25) is 5.02 Å². The van der Waals surface area contributed by atoms with Gasteiger partial charge in [0.25, 0.3) is 11.5 Å². The number of aromatic amines is 1. The van der Waals surface area contributed by atoms with Crippen LogP contribution >= 0.6 is 11.6 Å². The first-order valence-corrected chi connectivity index (χ1v) is 9.98. The van der Waals surface area contributed by atoms with E-state index in [0.29, 0.717) is 27.5 Å². The summed E-state index contributed by atoms with van der Waals surface area (Å²) in [5.41, 5.74) is 1.81. The van der Waals surface area contributed by atoms with Gasteiger partial charge in [-0.3, -0.25) is 14.0 Å². The largest absolute Gasteiger partial charge is 0.395 e. The first-order chi connectivity index (χ1) is 13.5. The Hall–Kier alpha value is -2.38. The second kappa shape index (κ2) is 7.56. The number of imidazole rings is 1. The predicted molar refractivity (Wildman–Crippen MR) is 108 cm³/mol. The smallest absolute Gasteiger partial charge is 0.274 e. The standard InChI is InChI=1S/C20H23ClN4O3/c1-24(7-8-26)20(28)13-9-15-16(10-14(13)21)25-17(19(27)23-15)11-22-18(25)12-5-3-2-4-6-12/h9-12,26H,2-8H2,1H3,(H,23,27). The van der Waals surface area contributed by atoms with Crippen molar-refractivity contribution in [3.05, 3.63) is 45.1 Å². The number of H-pyrrole nitrogens is 1. The summed E-state index contributed by atoms with van der Waals surface area (Å²) in [4.78, 5) is 34.1. The first kappa shape index (κ1) is 19.0. The van der Waals surface area contributed by atoms with Crippen LogP contribution in [0.3, 0.4) is 0 Å². The number of aliphatic hydroxyl groups is 1. The topological polar surface area (TPSA) is 90.7 Å². The SMILES string of the molecule is CN(CCO)C(=O)c1cc2[nH]c(=O)c3cnc(C4CCCCC4)n3c2cc1Cl. The van der Waals surface area contributed by atoms with E-state index in [9.17, 15) is 9.59 Å². The molecule has 4 rings (SSSR count). The number of amides is 1. The van der Waals surface area contributed by atoms with Crippen molar-refractivity contribution >= 4 is 34.1 Å². The number of benzene rings is 1. The molecule has 1 aliphatic carbocycles. The molecule has 1 saturated carbocycles. The monoisotopic (exact) mass is 402 g/mol. The fourth-order valence-electron chi connectivity index (χ4n) is 4.08. The molecule has 28 heavy (non-hydrogen) atoms. The summed E-state index contributed by atoms with van der Waals surface area (Å²) < 4.78 is 1.89. The fourth-order valence-corrected chi connectivity index (χ4v) is 4.32. The molecule has 0 bridgehead atoms. The number of aromatic nitrogens is 3. The summed E-state index contributed by atoms with van der Waals surface area (Å²) in [6, 6.07) is 3.33. The fraction of sp³-hybridized carbons (Fsp3) is 0.450. The summed E-state index contributed by atoms with van der Waals surface area (Å²) in [5.74, 6) is 0.899. The van der Waals surface area contributed by atoms with Gasteiger partial charge in [0, 0.05) is 19.5 Å². The molecule has 8 heteroatoms. The number of likely N-dealkylation sites (N-methyl/N-ethyl adjacent to an activating group) is 1. The second-order valence-corrected chi connectivity index (χ2v) is 7.83. The average molecular weight is 403 g/mol. The zero-order valence-electron chi connectivity index (χ0n) is 15.7. The maximum Gasteiger partial charge on any atom is 0.274 e. The lowest BCUT2D eigenvalue weighted by Crippen LogP contribution is -2.29. The molecule has 1 amide bonds. The Morgan fingerprint density at radius 2 is 2.07 bits per heavy atom. The lowest BCUT2D eigenvalue weighted by molar-refractivity contribution is 0.0767. The van der Waals surface area contributed by atoms with Crippen molar-refractivity contribution in [1.82, 2.24) is 19.3 Å². The van der Waals surface area contributed by atoms with Gasteiger partial charge in [-0.15, -0.1) is 0 Å². The van der Waals surface area contributed by atoms with Crippen molar-refractivity contribution in [3.8, 4) is 0 Å². The van der Waals surface area contributed by atoms with E-state index in [-0.39, 0.29) is 24.6 Å². The Morgan fingerprint density at radius 3 is 2.79 bits per heavy atom. The molecular formula is C20H23ClN4O3. The summed E-state index contributed by atoms with van der Waals surface area (Å²) in [5, 5.41) is 9.38. The van der Waals surface area contributed by atoms with Crippen LogP contribution in [0.1, 0.15) is 54.2 Å². The van der Waals surface area contributed by atoms with Crippen LogP contribution in [0.4, 0.5) is 0 Å². The van der Waals surface area contributed by atoms with Gasteiger partial charge in [0.1, 0.15) is 11.3 Å². The number of hydrogen-bond acceptors (Lipinski definition) is 4. The molecule has 148 valence electrons. The number of carbonyl (C=O) groups is 1. The molecule has 0 aliphatic heterocycles. The van der Waals surface area contributed by atoms with Crippen molar-refractivity contribution in [2.75, 3.05) is 20.2 Å². The average Bonchev–Trinajstić information content (AvgIpc) is 3.15. The predicted octanol–water partition coefficient (Wildman–Crippen LogP) is 2.94. The van der Waals surface area contributed by atoms with Gasteiger partial charge >= 0.3 is 0 Å². The Morgan fingerprint density at radius 1 is 1.32 bits per heavy atom. The van der Waals surface area contributed by atoms with Crippen LogP contribution in [-0.4, -0.2) is 50.5 Å². The normalized spacial score (nSPS) is 15.4. The lowest BCUT2D eigenvalue weighted by atomic mass is 9.89. The van der Waals surface area contributed by atoms with Crippen molar-refractivity contribution in [2.24, 2.45) is 0 Å². The van der Waals surface area contributed by atoms with Gasteiger partial charge in [-0.2, -0.15) is 0 Å². The van der Waals surface area contributed by atoms with Crippen LogP contribution in [-0.2, 0) is 0 Å². The van der Waals surface area contributed by atoms with Crippen molar-refractivity contribution < 1.29 is 9.90 Å². The molecule has 0 atom stereocenters. The summed E-state index contributed by atoms with van der Waals surface area (Å²) in [6.45, 7) is 0.0702. The highest BCUT2D eigenvalue weighted by atomic mass is 35.5. The van der Waals surface area contributed by atoms with Gasteiger partial charge in [-0.25, -0.2) is 4.98 Å². The molecular weight excluding hydrogens is 380 g/mol. The maximum absolute atomic E-state index is 12.6. The van der Waals surface area contributed by atoms with E-state index < -0.39 is 0 Å². The van der Waals surface area contributed by atoms with E-state index in [1.165, 1.54) is 11.3 Å². The number of hydrogen-bond donors (Lipinski definition) is 2. The van der Waals surface area contributed by atoms with Crippen LogP contribution in [0.15, 0.2) is 23.1 Å². The van der Waals surface area contributed by atoms with Crippen LogP contribution in [0.5, 0.6) is 0 Å². The highest BCUT2D eigenvalue weighted by Crippen LogP contribution is 2.33. The molecule has 0 spiro atoms. The lowest BCUT2D eigenvalue weighted by Gasteiger charge is -2.21. The van der Waals surface area contributed by atoms with E-state index in [1.807, 2.05) is 4.40 Å². The summed E-state index contributed by atoms with van der Waals surface area (Å²) >= 11 is 6.45. The maximum atomic E-state index is 12.6. The van der Waals surface area contributed by atoms with Gasteiger partial charge in [0.2, 0.25) is 0 Å². The van der Waals surface area contributed by atoms with Gasteiger partial charge < -0.3 is 15.0 Å². The van der Waals surface area contributed by atoms with E-state index in [2.05, 4.69) is 9.97 Å². The van der Waals surface area contributed by atoms with E-state index >= 15 is 0 Å². The molecule has 2 heterocycles. The summed E-state index contributed by atoms with van der Waals surface area (Å²) in [6.07, 6.45) is 7.30. The molecule has 2 N–H and O–H groups in total. The number of nitrogens with zero attached hydrogens (tertiary/aromatic N) is 3. The molecule has 0 radical (unpaired) electrons. The third kappa shape index (κ3) is 3.18. The van der Waals surface area contributed by atoms with Crippen molar-refractivity contribution in [3.63, 3.8) is 0 Å². The number of rotatable bonds is 4. The number of halogens is 1. The quantitative estimate of drug-likeness (QED) is 0.702. The first-order valence-electron chi connectivity index (χ1n) is 9.60. The Balaban J connectivity index is 1.90. The molecule has 0 saturated heterocycles. The Labute approximate surface area is 166 Å². The molecule has 7 nitrogen and oxygen atoms in total. The number of nitrogens with one attached hydrogen (secondary N) is 1. The Kier molecular flexibility index (Phi) is 5.12. The van der Waals surface area contributed by atoms with Gasteiger partial charge in [0.05, 0.1) is 34.4 Å². The van der Waals surface area contributed by atoms with Crippen LogP contribution in [0, 0.1) is 0 Å². The molecule has 2 aromatic heterocycles. The highest BCUT2D eigenvalue weighted by molar-refractivity contribution is 6.34. The van der Waals surface area contributed by atoms with E-state index in [4.69, 9.17) is 16.7 Å². The third-order valence-electron chi connectivity index (χ3n) is 5.58. The molecule has 1 aliphatic rings. The van der Waals surface area contributed by atoms with Crippen LogP contribution in [0.25, 0.3) is 16.6 Å². The van der Waals surface area contributed by atoms with Crippen LogP contribution < -0.4 is 5.56 Å². The minimum atomic E-state index is -0.306. The second-order valence-electron chi connectivity index (χ2n) is 7.43. The molecule has 0 unspecified atom stereocenters. The van der Waals surface area contributed by atoms with Gasteiger partial charge in [-0.1, -0.05) is 30.9 Å². The Bertz CT molecular complexity index is 1100. The number of carbonyl (C=O) groups excluding carboxylic acids is 1. The van der Waals surface area contributed by atoms with Crippen molar-refractivity contribution in [1.29, 1.82) is 0 Å². The summed E-state index contributed by atoms with van der Waals surface area (Å²) in [7, 11) is 1.60. The molecule has 1 fully saturated rings. The van der Waals surface area contributed by atoms with Gasteiger partial charge in [-0.05, 0) is 25.0 Å². The zero-order chi connectivity index (χ0) is 19.8. The minimum Gasteiger partial charge on any atom is -0.395 e. The molecule has 1 aromatic carbocycles. The van der Waals surface area contributed by atoms with Crippen molar-refractivity contribution in [2.45, 2.75) is 38.0 Å². The van der Waals surface area contributed by atoms with E-state index in [1.54, 1.807) is 25.4 Å². The van der Waals surface area contributed by atoms with Gasteiger partial charge in [0.15, 0.2) is 0 Å². The number of aliphatic hydroxyl groups excluding tert-OH is 1.